The van der Waals surface area contributed by atoms with Crippen LogP contribution in [0, 0.1) is 5.41 Å². The van der Waals surface area contributed by atoms with Gasteiger partial charge in [-0.25, -0.2) is 0 Å². The monoisotopic (exact) mass is 560 g/mol. The fourth-order valence-corrected chi connectivity index (χ4v) is 5.95. The van der Waals surface area contributed by atoms with Crippen LogP contribution in [0.5, 0.6) is 0 Å². The third-order valence-corrected chi connectivity index (χ3v) is 8.77. The number of esters is 1. The van der Waals surface area contributed by atoms with Crippen molar-refractivity contribution in [3.63, 3.8) is 0 Å². The number of hydrogen-bond acceptors (Lipinski definition) is 3. The minimum absolute atomic E-state index is 0.190. The molecule has 0 radical (unpaired) electrons. The second-order valence-corrected chi connectivity index (χ2v) is 12.5. The summed E-state index contributed by atoms with van der Waals surface area (Å²) in [4.78, 5) is 12.0. The number of ether oxygens (including phenoxy) is 1. The topological polar surface area (TPSA) is 26.3 Å². The molecule has 1 aliphatic rings. The van der Waals surface area contributed by atoms with Gasteiger partial charge in [0.1, 0.15) is 0 Å². The predicted molar refractivity (Wildman–Crippen MR) is 175 cm³/mol. The molecule has 1 aliphatic heterocycles. The predicted octanol–water partition coefficient (Wildman–Crippen LogP) is 12.5. The fourth-order valence-electron chi connectivity index (χ4n) is 5.65. The van der Waals surface area contributed by atoms with Crippen LogP contribution >= 0.6 is 12.2 Å². The lowest BCUT2D eigenvalue weighted by molar-refractivity contribution is -0.133. The summed E-state index contributed by atoms with van der Waals surface area (Å²) in [6.45, 7) is 4.57. The second-order valence-electron chi connectivity index (χ2n) is 12.1. The van der Waals surface area contributed by atoms with Crippen molar-refractivity contribution in [2.45, 2.75) is 187 Å². The minimum atomic E-state index is -0.499. The standard InChI is InChI=1S/C36H64O2S/c1-3-5-7-9-11-13-15-17-19-21-23-25-27-29-31-36(33-34(37)38-35(36)39)32-30-28-26-24-22-20-18-16-14-12-10-8-6-4-2/h29-32H,3-28,33H2,1-2H3. The molecule has 1 saturated heterocycles. The van der Waals surface area contributed by atoms with Crippen LogP contribution in [0.2, 0.25) is 0 Å². The average Bonchev–Trinajstić information content (AvgIpc) is 3.21. The summed E-state index contributed by atoms with van der Waals surface area (Å²) in [5.74, 6) is -0.190. The van der Waals surface area contributed by atoms with Crippen molar-refractivity contribution < 1.29 is 9.53 Å². The van der Waals surface area contributed by atoms with Gasteiger partial charge in [0.25, 0.3) is 0 Å². The first kappa shape index (κ1) is 36.1. The van der Waals surface area contributed by atoms with Crippen LogP contribution in [0.25, 0.3) is 0 Å². The Hall–Kier alpha value is -0.960. The van der Waals surface area contributed by atoms with E-state index in [1.807, 2.05) is 0 Å². The molecular weight excluding hydrogens is 496 g/mol. The highest BCUT2D eigenvalue weighted by molar-refractivity contribution is 7.80. The lowest BCUT2D eigenvalue weighted by Crippen LogP contribution is -2.19. The third-order valence-electron chi connectivity index (χ3n) is 8.30. The van der Waals surface area contributed by atoms with Crippen molar-refractivity contribution >= 4 is 23.2 Å². The normalized spacial score (nSPS) is 17.7. The van der Waals surface area contributed by atoms with Crippen LogP contribution in [0.15, 0.2) is 24.3 Å². The van der Waals surface area contributed by atoms with Gasteiger partial charge in [-0.1, -0.05) is 179 Å². The Morgan fingerprint density at radius 2 is 0.872 bits per heavy atom. The van der Waals surface area contributed by atoms with E-state index in [9.17, 15) is 4.79 Å². The number of carbonyl (C=O) groups excluding carboxylic acids is 1. The molecule has 0 aromatic carbocycles. The summed E-state index contributed by atoms with van der Waals surface area (Å²) in [5, 5.41) is 0.435. The zero-order valence-corrected chi connectivity index (χ0v) is 26.9. The van der Waals surface area contributed by atoms with Gasteiger partial charge in [-0.05, 0) is 37.9 Å². The third kappa shape index (κ3) is 19.7. The average molecular weight is 561 g/mol. The van der Waals surface area contributed by atoms with E-state index in [2.05, 4.69) is 38.2 Å². The van der Waals surface area contributed by atoms with E-state index in [1.165, 1.54) is 154 Å². The Kier molecular flexibility index (Phi) is 24.0. The first-order valence-electron chi connectivity index (χ1n) is 17.2. The number of allylic oxidation sites excluding steroid dienone is 2. The maximum Gasteiger partial charge on any atom is 0.313 e. The number of hydrogen-bond donors (Lipinski definition) is 0. The van der Waals surface area contributed by atoms with E-state index in [1.54, 1.807) is 0 Å². The van der Waals surface area contributed by atoms with E-state index in [4.69, 9.17) is 17.0 Å². The van der Waals surface area contributed by atoms with Gasteiger partial charge in [-0.15, -0.1) is 0 Å². The molecule has 0 saturated carbocycles. The number of rotatable bonds is 28. The Morgan fingerprint density at radius 1 is 0.564 bits per heavy atom. The summed E-state index contributed by atoms with van der Waals surface area (Å²) < 4.78 is 5.31. The zero-order valence-electron chi connectivity index (χ0n) is 26.1. The molecule has 1 fully saturated rings. The van der Waals surface area contributed by atoms with Crippen molar-refractivity contribution in [1.82, 2.24) is 0 Å². The Balaban J connectivity index is 2.12. The maximum absolute atomic E-state index is 12.0. The molecule has 0 aromatic rings. The van der Waals surface area contributed by atoms with Crippen LogP contribution in [-0.2, 0) is 9.53 Å². The molecule has 2 nitrogen and oxygen atoms in total. The number of unbranched alkanes of at least 4 members (excludes halogenated alkanes) is 24. The van der Waals surface area contributed by atoms with Gasteiger partial charge in [-0.3, -0.25) is 4.79 Å². The van der Waals surface area contributed by atoms with Crippen molar-refractivity contribution in [1.29, 1.82) is 0 Å². The smallest absolute Gasteiger partial charge is 0.313 e. The Bertz CT molecular complexity index is 612. The quantitative estimate of drug-likeness (QED) is 0.0412. The van der Waals surface area contributed by atoms with Crippen LogP contribution < -0.4 is 0 Å². The molecule has 0 bridgehead atoms. The molecule has 3 heteroatoms. The van der Waals surface area contributed by atoms with Gasteiger partial charge in [-0.2, -0.15) is 0 Å². The molecule has 0 amide bonds. The molecule has 1 rings (SSSR count). The highest BCUT2D eigenvalue weighted by Gasteiger charge is 2.41. The first-order chi connectivity index (χ1) is 19.1. The SMILES string of the molecule is CCCCCCCCCCCCCCC=CC1(C=CCCCCCCCCCCCCCC)CC(=O)OC1=S. The molecule has 0 aliphatic carbocycles. The van der Waals surface area contributed by atoms with Gasteiger partial charge >= 0.3 is 5.97 Å². The second kappa shape index (κ2) is 26.0. The van der Waals surface area contributed by atoms with Crippen LogP contribution in [0.3, 0.4) is 0 Å². The molecule has 226 valence electrons. The zero-order chi connectivity index (χ0) is 28.3. The summed E-state index contributed by atoms with van der Waals surface area (Å²) in [6, 6.07) is 0. The fraction of sp³-hybridized carbons (Fsp3) is 0.833. The number of thiocarbonyl (C=S) groups is 1. The van der Waals surface area contributed by atoms with Crippen LogP contribution in [0.1, 0.15) is 187 Å². The Labute approximate surface area is 249 Å². The van der Waals surface area contributed by atoms with E-state index < -0.39 is 5.41 Å². The van der Waals surface area contributed by atoms with Crippen molar-refractivity contribution in [3.8, 4) is 0 Å². The number of carbonyl (C=O) groups is 1. The molecular formula is C36H64O2S. The lowest BCUT2D eigenvalue weighted by Gasteiger charge is -2.17. The summed E-state index contributed by atoms with van der Waals surface area (Å²) in [7, 11) is 0. The van der Waals surface area contributed by atoms with E-state index in [-0.39, 0.29) is 5.97 Å². The van der Waals surface area contributed by atoms with Crippen molar-refractivity contribution in [3.05, 3.63) is 24.3 Å². The van der Waals surface area contributed by atoms with Crippen LogP contribution in [-0.4, -0.2) is 11.0 Å². The maximum atomic E-state index is 12.0. The molecule has 39 heavy (non-hydrogen) atoms. The van der Waals surface area contributed by atoms with Gasteiger partial charge in [0.2, 0.25) is 0 Å². The Morgan fingerprint density at radius 3 is 1.15 bits per heavy atom. The molecule has 0 spiro atoms. The lowest BCUT2D eigenvalue weighted by atomic mass is 9.85. The molecule has 1 heterocycles. The largest absolute Gasteiger partial charge is 0.418 e. The summed E-state index contributed by atoms with van der Waals surface area (Å²) >= 11 is 5.48. The summed E-state index contributed by atoms with van der Waals surface area (Å²) in [5.41, 5.74) is -0.499. The molecule has 0 N–H and O–H groups in total. The van der Waals surface area contributed by atoms with Gasteiger partial charge in [0.05, 0.1) is 11.8 Å². The van der Waals surface area contributed by atoms with E-state index in [0.717, 1.165) is 12.8 Å². The van der Waals surface area contributed by atoms with E-state index >= 15 is 0 Å². The molecule has 0 unspecified atom stereocenters. The molecule has 0 aromatic heterocycles. The van der Waals surface area contributed by atoms with E-state index in [0.29, 0.717) is 11.5 Å². The molecule has 0 atom stereocenters. The number of cyclic esters (lactones) is 1. The summed E-state index contributed by atoms with van der Waals surface area (Å²) in [6.07, 6.45) is 44.2. The van der Waals surface area contributed by atoms with Crippen molar-refractivity contribution in [2.75, 3.05) is 0 Å². The van der Waals surface area contributed by atoms with Gasteiger partial charge in [0, 0.05) is 0 Å². The van der Waals surface area contributed by atoms with Gasteiger partial charge in [0.15, 0.2) is 5.05 Å². The highest BCUT2D eigenvalue weighted by atomic mass is 32.1. The minimum Gasteiger partial charge on any atom is -0.418 e. The first-order valence-corrected chi connectivity index (χ1v) is 17.7. The van der Waals surface area contributed by atoms with Crippen molar-refractivity contribution in [2.24, 2.45) is 5.41 Å². The van der Waals surface area contributed by atoms with Crippen LogP contribution in [0.4, 0.5) is 0 Å². The highest BCUT2D eigenvalue weighted by Crippen LogP contribution is 2.36. The van der Waals surface area contributed by atoms with Gasteiger partial charge < -0.3 is 4.74 Å².